The van der Waals surface area contributed by atoms with Gasteiger partial charge in [-0.1, -0.05) is 6.92 Å². The first kappa shape index (κ1) is 10.8. The minimum absolute atomic E-state index is 0.0799. The van der Waals surface area contributed by atoms with E-state index in [0.29, 0.717) is 6.54 Å². The molecule has 0 saturated heterocycles. The molecule has 4 N–H and O–H groups in total. The van der Waals surface area contributed by atoms with Gasteiger partial charge >= 0.3 is 0 Å². The van der Waals surface area contributed by atoms with E-state index in [1.807, 2.05) is 6.92 Å². The molecule has 0 unspecified atom stereocenters. The quantitative estimate of drug-likeness (QED) is 0.381. The smallest absolute Gasteiger partial charge is 0.120 e. The molecule has 11 heavy (non-hydrogen) atoms. The third kappa shape index (κ3) is 4.31. The average Bonchev–Trinajstić information content (AvgIpc) is 1.88. The normalized spacial score (nSPS) is 12.0. The molecule has 0 radical (unpaired) electrons. The largest absolute Gasteiger partial charge is 0.396 e. The highest BCUT2D eigenvalue weighted by molar-refractivity contribution is 4.73. The molecule has 68 valence electrons. The van der Waals surface area contributed by atoms with Gasteiger partial charge in [0.15, 0.2) is 0 Å². The summed E-state index contributed by atoms with van der Waals surface area (Å²) in [6.45, 7) is 2.32. The van der Waals surface area contributed by atoms with Crippen LogP contribution < -0.4 is 5.32 Å². The van der Waals surface area contributed by atoms with E-state index < -0.39 is 5.72 Å². The van der Waals surface area contributed by atoms with Crippen molar-refractivity contribution in [3.63, 3.8) is 0 Å². The van der Waals surface area contributed by atoms with Crippen molar-refractivity contribution in [1.29, 1.82) is 0 Å². The van der Waals surface area contributed by atoms with Gasteiger partial charge in [0.2, 0.25) is 0 Å². The van der Waals surface area contributed by atoms with Crippen molar-refractivity contribution < 1.29 is 15.3 Å². The summed E-state index contributed by atoms with van der Waals surface area (Å²) in [5.41, 5.74) is -1.10. The first-order valence-electron chi connectivity index (χ1n) is 3.87. The van der Waals surface area contributed by atoms with E-state index in [2.05, 4.69) is 5.32 Å². The Morgan fingerprint density at radius 1 is 1.18 bits per heavy atom. The van der Waals surface area contributed by atoms with Crippen LogP contribution in [0.25, 0.3) is 0 Å². The standard InChI is InChI=1S/C7H17NO3/c1-2-8-7(11,3-5-9)4-6-10/h8-11H,2-6H2,1H3. The van der Waals surface area contributed by atoms with Crippen molar-refractivity contribution in [2.24, 2.45) is 0 Å². The van der Waals surface area contributed by atoms with Gasteiger partial charge < -0.3 is 15.3 Å². The van der Waals surface area contributed by atoms with E-state index in [1.165, 1.54) is 0 Å². The summed E-state index contributed by atoms with van der Waals surface area (Å²) in [7, 11) is 0. The van der Waals surface area contributed by atoms with Crippen molar-refractivity contribution in [3.8, 4) is 0 Å². The summed E-state index contributed by atoms with van der Waals surface area (Å²) >= 11 is 0. The maximum absolute atomic E-state index is 9.58. The fourth-order valence-corrected chi connectivity index (χ4v) is 1.00. The minimum atomic E-state index is -1.10. The molecule has 0 aromatic rings. The van der Waals surface area contributed by atoms with Gasteiger partial charge in [-0.2, -0.15) is 0 Å². The summed E-state index contributed by atoms with van der Waals surface area (Å²) in [6, 6.07) is 0. The Labute approximate surface area is 66.9 Å². The second-order valence-electron chi connectivity index (χ2n) is 2.51. The lowest BCUT2D eigenvalue weighted by molar-refractivity contribution is -0.0327. The van der Waals surface area contributed by atoms with Gasteiger partial charge in [-0.05, 0) is 6.54 Å². The van der Waals surface area contributed by atoms with Gasteiger partial charge in [0, 0.05) is 26.1 Å². The van der Waals surface area contributed by atoms with Crippen molar-refractivity contribution >= 4 is 0 Å². The van der Waals surface area contributed by atoms with Crippen LogP contribution in [0.2, 0.25) is 0 Å². The second kappa shape index (κ2) is 5.49. The zero-order valence-electron chi connectivity index (χ0n) is 6.88. The van der Waals surface area contributed by atoms with Gasteiger partial charge in [0.25, 0.3) is 0 Å². The van der Waals surface area contributed by atoms with Crippen LogP contribution in [-0.2, 0) is 0 Å². The lowest BCUT2D eigenvalue weighted by Gasteiger charge is -2.27. The van der Waals surface area contributed by atoms with Crippen LogP contribution in [0.1, 0.15) is 19.8 Å². The fraction of sp³-hybridized carbons (Fsp3) is 1.00. The average molecular weight is 163 g/mol. The minimum Gasteiger partial charge on any atom is -0.396 e. The Balaban J connectivity index is 3.79. The SMILES string of the molecule is CCNC(O)(CCO)CCO. The molecule has 0 aromatic carbocycles. The van der Waals surface area contributed by atoms with Crippen LogP contribution in [0.4, 0.5) is 0 Å². The topological polar surface area (TPSA) is 72.7 Å². The van der Waals surface area contributed by atoms with Gasteiger partial charge in [0.1, 0.15) is 5.72 Å². The van der Waals surface area contributed by atoms with Gasteiger partial charge in [-0.25, -0.2) is 0 Å². The summed E-state index contributed by atoms with van der Waals surface area (Å²) < 4.78 is 0. The molecule has 0 heterocycles. The molecular formula is C7H17NO3. The van der Waals surface area contributed by atoms with Crippen molar-refractivity contribution in [3.05, 3.63) is 0 Å². The molecule has 4 nitrogen and oxygen atoms in total. The van der Waals surface area contributed by atoms with E-state index in [1.54, 1.807) is 0 Å². The Hall–Kier alpha value is -0.160. The highest BCUT2D eigenvalue weighted by atomic mass is 16.3. The highest BCUT2D eigenvalue weighted by Crippen LogP contribution is 2.09. The summed E-state index contributed by atoms with van der Waals surface area (Å²) in [5, 5.41) is 29.5. The van der Waals surface area contributed by atoms with Crippen LogP contribution in [0.3, 0.4) is 0 Å². The van der Waals surface area contributed by atoms with E-state index >= 15 is 0 Å². The molecule has 0 saturated carbocycles. The summed E-state index contributed by atoms with van der Waals surface area (Å²) in [5.74, 6) is 0. The summed E-state index contributed by atoms with van der Waals surface area (Å²) in [6.07, 6.45) is 0.503. The predicted octanol–water partition coefficient (Wildman–Crippen LogP) is -0.951. The highest BCUT2D eigenvalue weighted by Gasteiger charge is 2.23. The third-order valence-corrected chi connectivity index (χ3v) is 1.56. The Morgan fingerprint density at radius 3 is 1.91 bits per heavy atom. The van der Waals surface area contributed by atoms with E-state index in [-0.39, 0.29) is 26.1 Å². The number of hydrogen-bond donors (Lipinski definition) is 4. The summed E-state index contributed by atoms with van der Waals surface area (Å²) in [4.78, 5) is 0. The third-order valence-electron chi connectivity index (χ3n) is 1.56. The number of aliphatic hydroxyl groups is 3. The van der Waals surface area contributed by atoms with Crippen molar-refractivity contribution in [2.45, 2.75) is 25.5 Å². The maximum atomic E-state index is 9.58. The van der Waals surface area contributed by atoms with Gasteiger partial charge in [0.05, 0.1) is 0 Å². The molecule has 0 aromatic heterocycles. The molecule has 0 bridgehead atoms. The molecule has 0 aliphatic carbocycles. The second-order valence-corrected chi connectivity index (χ2v) is 2.51. The Morgan fingerprint density at radius 2 is 1.64 bits per heavy atom. The predicted molar refractivity (Wildman–Crippen MR) is 42.0 cm³/mol. The van der Waals surface area contributed by atoms with Crippen LogP contribution in [0.5, 0.6) is 0 Å². The monoisotopic (exact) mass is 163 g/mol. The van der Waals surface area contributed by atoms with Crippen LogP contribution in [0.15, 0.2) is 0 Å². The molecular weight excluding hydrogens is 146 g/mol. The molecule has 0 spiro atoms. The Bertz CT molecular complexity index is 80.7. The number of aliphatic hydroxyl groups excluding tert-OH is 2. The van der Waals surface area contributed by atoms with E-state index in [4.69, 9.17) is 10.2 Å². The Kier molecular flexibility index (Phi) is 5.41. The molecule has 4 heteroatoms. The van der Waals surface area contributed by atoms with Crippen molar-refractivity contribution in [2.75, 3.05) is 19.8 Å². The lowest BCUT2D eigenvalue weighted by Crippen LogP contribution is -2.46. The molecule has 0 rings (SSSR count). The number of hydrogen-bond acceptors (Lipinski definition) is 4. The zero-order valence-corrected chi connectivity index (χ0v) is 6.88. The van der Waals surface area contributed by atoms with Crippen molar-refractivity contribution in [1.82, 2.24) is 5.32 Å². The molecule has 0 aliphatic rings. The van der Waals surface area contributed by atoms with E-state index in [0.717, 1.165) is 0 Å². The van der Waals surface area contributed by atoms with Gasteiger partial charge in [-0.3, -0.25) is 5.32 Å². The van der Waals surface area contributed by atoms with Gasteiger partial charge in [-0.15, -0.1) is 0 Å². The molecule has 0 amide bonds. The van der Waals surface area contributed by atoms with Crippen LogP contribution in [0, 0.1) is 0 Å². The fourth-order valence-electron chi connectivity index (χ4n) is 1.00. The van der Waals surface area contributed by atoms with Crippen LogP contribution in [-0.4, -0.2) is 40.8 Å². The number of rotatable bonds is 6. The lowest BCUT2D eigenvalue weighted by atomic mass is 10.1. The maximum Gasteiger partial charge on any atom is 0.120 e. The van der Waals surface area contributed by atoms with E-state index in [9.17, 15) is 5.11 Å². The van der Waals surface area contributed by atoms with Crippen LogP contribution >= 0.6 is 0 Å². The number of nitrogens with one attached hydrogen (secondary N) is 1. The first-order chi connectivity index (χ1) is 5.18. The molecule has 0 aliphatic heterocycles. The first-order valence-corrected chi connectivity index (χ1v) is 3.87. The molecule has 0 atom stereocenters. The zero-order chi connectivity index (χ0) is 8.74. The molecule has 0 fully saturated rings.